The lowest BCUT2D eigenvalue weighted by Crippen LogP contribution is -2.29. The molecule has 3 aromatic heterocycles. The highest BCUT2D eigenvalue weighted by molar-refractivity contribution is 5.84. The van der Waals surface area contributed by atoms with E-state index in [1.165, 1.54) is 11.3 Å². The molecule has 1 atom stereocenters. The Morgan fingerprint density at radius 2 is 2.03 bits per heavy atom. The Kier molecular flexibility index (Phi) is 4.10. The van der Waals surface area contributed by atoms with Gasteiger partial charge in [-0.05, 0) is 61.3 Å². The summed E-state index contributed by atoms with van der Waals surface area (Å²) < 4.78 is 8.15. The molecule has 152 valence electrons. The first-order valence-electron chi connectivity index (χ1n) is 10.3. The molecule has 0 bridgehead atoms. The van der Waals surface area contributed by atoms with Crippen LogP contribution >= 0.6 is 0 Å². The maximum atomic E-state index is 6.23. The second-order valence-electron chi connectivity index (χ2n) is 9.23. The van der Waals surface area contributed by atoms with Crippen LogP contribution in [0.2, 0.25) is 0 Å². The third-order valence-electron chi connectivity index (χ3n) is 6.44. The number of H-pyrrole nitrogens is 1. The second kappa shape index (κ2) is 6.45. The third-order valence-corrected chi connectivity index (χ3v) is 6.44. The van der Waals surface area contributed by atoms with Crippen LogP contribution in [0.1, 0.15) is 57.0 Å². The summed E-state index contributed by atoms with van der Waals surface area (Å²) in [6, 6.07) is 2.06. The first-order chi connectivity index (χ1) is 13.9. The van der Waals surface area contributed by atoms with Crippen LogP contribution in [0.25, 0.3) is 22.6 Å². The van der Waals surface area contributed by atoms with Gasteiger partial charge in [0, 0.05) is 31.1 Å². The third kappa shape index (κ3) is 2.97. The summed E-state index contributed by atoms with van der Waals surface area (Å²) in [5.41, 5.74) is 6.21. The SMILES string of the molecule is Cn1nccc1-c1c2c(nc(C3(C)CCCO3)c1-c1nn[nH]n1)CCC(C)(C)C2. The molecule has 5 rings (SSSR count). The van der Waals surface area contributed by atoms with Gasteiger partial charge in [0.1, 0.15) is 5.60 Å². The van der Waals surface area contributed by atoms with Crippen LogP contribution in [-0.4, -0.2) is 42.0 Å². The Labute approximate surface area is 170 Å². The van der Waals surface area contributed by atoms with E-state index >= 15 is 0 Å². The van der Waals surface area contributed by atoms with Crippen LogP contribution in [0.5, 0.6) is 0 Å². The molecule has 2 aliphatic rings. The second-order valence-corrected chi connectivity index (χ2v) is 9.23. The van der Waals surface area contributed by atoms with Gasteiger partial charge in [0.25, 0.3) is 0 Å². The number of fused-ring (bicyclic) bond motifs is 1. The number of tetrazole rings is 1. The van der Waals surface area contributed by atoms with Crippen molar-refractivity contribution in [1.82, 2.24) is 35.4 Å². The molecule has 1 aliphatic carbocycles. The van der Waals surface area contributed by atoms with Crippen LogP contribution in [0.15, 0.2) is 12.3 Å². The molecule has 0 spiro atoms. The molecule has 8 nitrogen and oxygen atoms in total. The molecule has 1 fully saturated rings. The number of ether oxygens (including phenoxy) is 1. The number of nitrogens with one attached hydrogen (secondary N) is 1. The van der Waals surface area contributed by atoms with E-state index in [4.69, 9.17) is 9.72 Å². The van der Waals surface area contributed by atoms with Gasteiger partial charge in [-0.25, -0.2) is 0 Å². The van der Waals surface area contributed by atoms with Crippen molar-refractivity contribution >= 4 is 0 Å². The van der Waals surface area contributed by atoms with Gasteiger partial charge in [-0.1, -0.05) is 13.8 Å². The minimum atomic E-state index is -0.453. The number of hydrogen-bond donors (Lipinski definition) is 1. The quantitative estimate of drug-likeness (QED) is 0.734. The Morgan fingerprint density at radius 3 is 2.69 bits per heavy atom. The fraction of sp³-hybridized carbons (Fsp3) is 0.571. The minimum Gasteiger partial charge on any atom is -0.369 e. The standard InChI is InChI=1S/C21H27N7O/c1-20(2)9-6-14-13(12-20)16(15-7-10-22-28(15)4)17(19-24-26-27-25-19)18(23-14)21(3)8-5-11-29-21/h7,10H,5-6,8-9,11-12H2,1-4H3,(H,24,25,26,27). The summed E-state index contributed by atoms with van der Waals surface area (Å²) in [5, 5.41) is 19.6. The number of aryl methyl sites for hydroxylation is 2. The first-order valence-corrected chi connectivity index (χ1v) is 10.3. The fourth-order valence-corrected chi connectivity index (χ4v) is 4.83. The van der Waals surface area contributed by atoms with E-state index in [1.54, 1.807) is 0 Å². The molecule has 8 heteroatoms. The summed E-state index contributed by atoms with van der Waals surface area (Å²) in [6.45, 7) is 7.53. The molecule has 0 amide bonds. The number of aromatic nitrogens is 7. The van der Waals surface area contributed by atoms with Crippen molar-refractivity contribution in [3.8, 4) is 22.6 Å². The molecule has 0 saturated carbocycles. The van der Waals surface area contributed by atoms with Crippen LogP contribution in [-0.2, 0) is 30.2 Å². The molecular formula is C21H27N7O. The average Bonchev–Trinajstić information content (AvgIpc) is 3.42. The zero-order chi connectivity index (χ0) is 20.2. The van der Waals surface area contributed by atoms with E-state index in [0.29, 0.717) is 5.82 Å². The predicted octanol–water partition coefficient (Wildman–Crippen LogP) is 3.20. The lowest BCUT2D eigenvalue weighted by atomic mass is 9.73. The summed E-state index contributed by atoms with van der Waals surface area (Å²) in [7, 11) is 1.98. The van der Waals surface area contributed by atoms with Crippen molar-refractivity contribution in [2.24, 2.45) is 12.5 Å². The fourth-order valence-electron chi connectivity index (χ4n) is 4.83. The van der Waals surface area contributed by atoms with E-state index < -0.39 is 5.60 Å². The maximum Gasteiger partial charge on any atom is 0.207 e. The molecule has 29 heavy (non-hydrogen) atoms. The molecule has 1 unspecified atom stereocenters. The lowest BCUT2D eigenvalue weighted by molar-refractivity contribution is 0.0135. The van der Waals surface area contributed by atoms with Gasteiger partial charge in [-0.3, -0.25) is 9.67 Å². The number of aromatic amines is 1. The van der Waals surface area contributed by atoms with Gasteiger partial charge in [0.2, 0.25) is 5.82 Å². The molecule has 0 radical (unpaired) electrons. The van der Waals surface area contributed by atoms with E-state index in [-0.39, 0.29) is 5.41 Å². The Balaban J connectivity index is 1.88. The monoisotopic (exact) mass is 393 g/mol. The van der Waals surface area contributed by atoms with Gasteiger partial charge < -0.3 is 4.74 Å². The van der Waals surface area contributed by atoms with Crippen molar-refractivity contribution in [2.45, 2.75) is 58.5 Å². The minimum absolute atomic E-state index is 0.214. The Hall–Kier alpha value is -2.61. The summed E-state index contributed by atoms with van der Waals surface area (Å²) in [4.78, 5) is 5.21. The number of nitrogens with zero attached hydrogens (tertiary/aromatic N) is 6. The molecular weight excluding hydrogens is 366 g/mol. The van der Waals surface area contributed by atoms with E-state index in [1.807, 2.05) is 17.9 Å². The molecule has 1 aliphatic heterocycles. The van der Waals surface area contributed by atoms with Crippen LogP contribution < -0.4 is 0 Å². The lowest BCUT2D eigenvalue weighted by Gasteiger charge is -2.35. The molecule has 1 N–H and O–H groups in total. The topological polar surface area (TPSA) is 94.4 Å². The zero-order valence-corrected chi connectivity index (χ0v) is 17.5. The summed E-state index contributed by atoms with van der Waals surface area (Å²) in [5.74, 6) is 0.562. The Bertz CT molecular complexity index is 1050. The Morgan fingerprint density at radius 1 is 1.17 bits per heavy atom. The molecule has 0 aromatic carbocycles. The highest BCUT2D eigenvalue weighted by atomic mass is 16.5. The van der Waals surface area contributed by atoms with Crippen LogP contribution in [0.4, 0.5) is 0 Å². The summed E-state index contributed by atoms with van der Waals surface area (Å²) in [6.07, 6.45) is 6.83. The molecule has 1 saturated heterocycles. The number of pyridine rings is 1. The highest BCUT2D eigenvalue weighted by Crippen LogP contribution is 2.48. The molecule has 3 aromatic rings. The van der Waals surface area contributed by atoms with Gasteiger partial charge >= 0.3 is 0 Å². The number of rotatable bonds is 3. The van der Waals surface area contributed by atoms with Gasteiger partial charge in [0.05, 0.1) is 17.0 Å². The number of hydrogen-bond acceptors (Lipinski definition) is 6. The normalized spacial score (nSPS) is 23.3. The van der Waals surface area contributed by atoms with Crippen molar-refractivity contribution < 1.29 is 4.74 Å². The smallest absolute Gasteiger partial charge is 0.207 e. The maximum absolute atomic E-state index is 6.23. The molecule has 4 heterocycles. The average molecular weight is 393 g/mol. The van der Waals surface area contributed by atoms with Gasteiger partial charge in [-0.2, -0.15) is 10.3 Å². The predicted molar refractivity (Wildman–Crippen MR) is 108 cm³/mol. The van der Waals surface area contributed by atoms with E-state index in [9.17, 15) is 0 Å². The van der Waals surface area contributed by atoms with Crippen LogP contribution in [0.3, 0.4) is 0 Å². The van der Waals surface area contributed by atoms with Gasteiger partial charge in [0.15, 0.2) is 0 Å². The first kappa shape index (κ1) is 18.4. The van der Waals surface area contributed by atoms with Crippen molar-refractivity contribution in [2.75, 3.05) is 6.61 Å². The largest absolute Gasteiger partial charge is 0.369 e. The highest BCUT2D eigenvalue weighted by Gasteiger charge is 2.41. The van der Waals surface area contributed by atoms with Crippen molar-refractivity contribution in [1.29, 1.82) is 0 Å². The van der Waals surface area contributed by atoms with Gasteiger partial charge in [-0.15, -0.1) is 10.2 Å². The van der Waals surface area contributed by atoms with E-state index in [2.05, 4.69) is 52.6 Å². The zero-order valence-electron chi connectivity index (χ0n) is 17.5. The van der Waals surface area contributed by atoms with Crippen molar-refractivity contribution in [3.05, 3.63) is 29.2 Å². The van der Waals surface area contributed by atoms with Crippen LogP contribution in [0, 0.1) is 5.41 Å². The van der Waals surface area contributed by atoms with Crippen molar-refractivity contribution in [3.63, 3.8) is 0 Å². The summed E-state index contributed by atoms with van der Waals surface area (Å²) >= 11 is 0. The van der Waals surface area contributed by atoms with E-state index in [0.717, 1.165) is 61.2 Å².